The monoisotopic (exact) mass is 246 g/mol. The van der Waals surface area contributed by atoms with Crippen LogP contribution in [0.4, 0.5) is 19.0 Å². The number of pyridine rings is 1. The number of aromatic nitrogens is 1. The van der Waals surface area contributed by atoms with E-state index in [4.69, 9.17) is 0 Å². The summed E-state index contributed by atoms with van der Waals surface area (Å²) in [6.45, 7) is 0.237. The molecule has 0 amide bonds. The van der Waals surface area contributed by atoms with E-state index in [1.807, 2.05) is 0 Å². The summed E-state index contributed by atoms with van der Waals surface area (Å²) in [6, 6.07) is 3.67. The van der Waals surface area contributed by atoms with Crippen LogP contribution in [0.3, 0.4) is 0 Å². The number of nitrogens with zero attached hydrogens (tertiary/aromatic N) is 1. The molecule has 6 heteroatoms. The van der Waals surface area contributed by atoms with E-state index < -0.39 is 17.5 Å². The molecular formula is C11H13F3N2O. The first kappa shape index (κ1) is 12.2. The predicted octanol–water partition coefficient (Wildman–Crippen LogP) is 2.43. The van der Waals surface area contributed by atoms with Gasteiger partial charge in [0.15, 0.2) is 0 Å². The topological polar surface area (TPSA) is 45.1 Å². The third kappa shape index (κ3) is 2.88. The van der Waals surface area contributed by atoms with Gasteiger partial charge in [0, 0.05) is 6.54 Å². The molecule has 3 nitrogen and oxygen atoms in total. The van der Waals surface area contributed by atoms with Gasteiger partial charge in [-0.15, -0.1) is 0 Å². The Labute approximate surface area is 96.7 Å². The lowest BCUT2D eigenvalue weighted by Crippen LogP contribution is -2.43. The van der Waals surface area contributed by atoms with Gasteiger partial charge in [0.2, 0.25) is 0 Å². The summed E-state index contributed by atoms with van der Waals surface area (Å²) in [5.74, 6) is 0.139. The Balaban J connectivity index is 2.01. The van der Waals surface area contributed by atoms with Crippen LogP contribution < -0.4 is 5.32 Å². The Bertz CT molecular complexity index is 402. The molecule has 1 saturated carbocycles. The lowest BCUT2D eigenvalue weighted by Gasteiger charge is -2.36. The van der Waals surface area contributed by atoms with Gasteiger partial charge in [-0.1, -0.05) is 6.07 Å². The molecule has 0 spiro atoms. The molecule has 1 heterocycles. The number of rotatable bonds is 3. The first-order valence-corrected chi connectivity index (χ1v) is 5.40. The van der Waals surface area contributed by atoms with Gasteiger partial charge in [-0.25, -0.2) is 4.98 Å². The first-order chi connectivity index (χ1) is 7.89. The minimum absolute atomic E-state index is 0.139. The highest BCUT2D eigenvalue weighted by Crippen LogP contribution is 2.32. The van der Waals surface area contributed by atoms with Crippen LogP contribution in [-0.4, -0.2) is 22.2 Å². The zero-order valence-corrected chi connectivity index (χ0v) is 9.09. The summed E-state index contributed by atoms with van der Waals surface area (Å²) in [4.78, 5) is 3.46. The maximum atomic E-state index is 12.4. The molecule has 0 saturated heterocycles. The molecule has 0 bridgehead atoms. The molecule has 1 aliphatic rings. The lowest BCUT2D eigenvalue weighted by atomic mass is 9.80. The summed E-state index contributed by atoms with van der Waals surface area (Å²) in [5.41, 5.74) is -1.71. The fraction of sp³-hybridized carbons (Fsp3) is 0.545. The molecule has 1 aromatic heterocycles. The van der Waals surface area contributed by atoms with Crippen molar-refractivity contribution in [1.29, 1.82) is 0 Å². The summed E-state index contributed by atoms with van der Waals surface area (Å²) in [7, 11) is 0. The van der Waals surface area contributed by atoms with Crippen LogP contribution in [0.2, 0.25) is 0 Å². The Hall–Kier alpha value is -1.30. The summed E-state index contributed by atoms with van der Waals surface area (Å²) in [5, 5.41) is 12.5. The second-order valence-electron chi connectivity index (χ2n) is 4.34. The number of alkyl halides is 3. The number of hydrogen-bond acceptors (Lipinski definition) is 3. The Morgan fingerprint density at radius 1 is 1.35 bits per heavy atom. The van der Waals surface area contributed by atoms with E-state index in [1.54, 1.807) is 0 Å². The van der Waals surface area contributed by atoms with E-state index in [1.165, 1.54) is 12.1 Å². The Kier molecular flexibility index (Phi) is 2.99. The minimum Gasteiger partial charge on any atom is -0.388 e. The number of anilines is 1. The quantitative estimate of drug-likeness (QED) is 0.861. The van der Waals surface area contributed by atoms with Crippen LogP contribution in [-0.2, 0) is 6.18 Å². The highest BCUT2D eigenvalue weighted by Gasteiger charge is 2.35. The molecule has 1 fully saturated rings. The highest BCUT2D eigenvalue weighted by molar-refractivity contribution is 5.36. The molecule has 0 unspecified atom stereocenters. The van der Waals surface area contributed by atoms with Crippen molar-refractivity contribution in [1.82, 2.24) is 4.98 Å². The van der Waals surface area contributed by atoms with Gasteiger partial charge in [-0.05, 0) is 31.4 Å². The molecule has 2 rings (SSSR count). The number of nitrogens with one attached hydrogen (secondary N) is 1. The molecule has 0 aromatic carbocycles. The second kappa shape index (κ2) is 4.18. The van der Waals surface area contributed by atoms with Crippen molar-refractivity contribution in [2.45, 2.75) is 31.0 Å². The van der Waals surface area contributed by atoms with Crippen molar-refractivity contribution in [3.63, 3.8) is 0 Å². The van der Waals surface area contributed by atoms with Crippen molar-refractivity contribution in [2.75, 3.05) is 11.9 Å². The van der Waals surface area contributed by atoms with Crippen LogP contribution in [0.15, 0.2) is 18.2 Å². The zero-order valence-electron chi connectivity index (χ0n) is 9.09. The minimum atomic E-state index is -4.44. The average Bonchev–Trinajstić information content (AvgIpc) is 2.23. The molecule has 1 aromatic rings. The van der Waals surface area contributed by atoms with E-state index in [9.17, 15) is 18.3 Å². The van der Waals surface area contributed by atoms with Gasteiger partial charge in [0.25, 0.3) is 0 Å². The highest BCUT2D eigenvalue weighted by atomic mass is 19.4. The standard InChI is InChI=1S/C11H13F3N2O/c12-11(13,14)8-3-1-4-9(16-8)15-7-10(17)5-2-6-10/h1,3-4,17H,2,5-7H2,(H,15,16). The molecule has 0 radical (unpaired) electrons. The SMILES string of the molecule is OC1(CNc2cccc(C(F)(F)F)n2)CCC1. The molecule has 2 N–H and O–H groups in total. The third-order valence-corrected chi connectivity index (χ3v) is 2.92. The maximum absolute atomic E-state index is 12.4. The van der Waals surface area contributed by atoms with Crippen molar-refractivity contribution >= 4 is 5.82 Å². The Morgan fingerprint density at radius 2 is 2.06 bits per heavy atom. The van der Waals surface area contributed by atoms with Crippen LogP contribution in [0, 0.1) is 0 Å². The molecule has 0 atom stereocenters. The summed E-state index contributed by atoms with van der Waals surface area (Å²) in [6.07, 6.45) is -2.13. The van der Waals surface area contributed by atoms with Gasteiger partial charge < -0.3 is 10.4 Å². The van der Waals surface area contributed by atoms with Gasteiger partial charge in [0.05, 0.1) is 5.60 Å². The average molecular weight is 246 g/mol. The smallest absolute Gasteiger partial charge is 0.388 e. The van der Waals surface area contributed by atoms with E-state index in [0.29, 0.717) is 12.8 Å². The van der Waals surface area contributed by atoms with Crippen LogP contribution in [0.25, 0.3) is 0 Å². The van der Waals surface area contributed by atoms with Gasteiger partial charge in [-0.3, -0.25) is 0 Å². The van der Waals surface area contributed by atoms with E-state index >= 15 is 0 Å². The number of aliphatic hydroxyl groups is 1. The van der Waals surface area contributed by atoms with E-state index in [2.05, 4.69) is 10.3 Å². The van der Waals surface area contributed by atoms with Crippen molar-refractivity contribution in [3.05, 3.63) is 23.9 Å². The van der Waals surface area contributed by atoms with Crippen LogP contribution in [0.5, 0.6) is 0 Å². The maximum Gasteiger partial charge on any atom is 0.433 e. The predicted molar refractivity (Wildman–Crippen MR) is 56.5 cm³/mol. The first-order valence-electron chi connectivity index (χ1n) is 5.40. The van der Waals surface area contributed by atoms with Crippen molar-refractivity contribution in [2.24, 2.45) is 0 Å². The van der Waals surface area contributed by atoms with Gasteiger partial charge in [0.1, 0.15) is 11.5 Å². The molecule has 0 aliphatic heterocycles. The lowest BCUT2D eigenvalue weighted by molar-refractivity contribution is -0.141. The van der Waals surface area contributed by atoms with Crippen molar-refractivity contribution < 1.29 is 18.3 Å². The van der Waals surface area contributed by atoms with E-state index in [0.717, 1.165) is 12.5 Å². The summed E-state index contributed by atoms with van der Waals surface area (Å²) >= 11 is 0. The molecule has 17 heavy (non-hydrogen) atoms. The summed E-state index contributed by atoms with van der Waals surface area (Å²) < 4.78 is 37.1. The second-order valence-corrected chi connectivity index (χ2v) is 4.34. The van der Waals surface area contributed by atoms with Crippen LogP contribution >= 0.6 is 0 Å². The molecule has 94 valence electrons. The fourth-order valence-electron chi connectivity index (χ4n) is 1.71. The van der Waals surface area contributed by atoms with Crippen LogP contribution in [0.1, 0.15) is 25.0 Å². The molecular weight excluding hydrogens is 233 g/mol. The zero-order chi connectivity index (χ0) is 12.5. The largest absolute Gasteiger partial charge is 0.433 e. The van der Waals surface area contributed by atoms with E-state index in [-0.39, 0.29) is 12.4 Å². The normalized spacial score (nSPS) is 18.6. The third-order valence-electron chi connectivity index (χ3n) is 2.92. The molecule has 1 aliphatic carbocycles. The number of halogens is 3. The van der Waals surface area contributed by atoms with Crippen molar-refractivity contribution in [3.8, 4) is 0 Å². The van der Waals surface area contributed by atoms with Gasteiger partial charge >= 0.3 is 6.18 Å². The fourth-order valence-corrected chi connectivity index (χ4v) is 1.71. The van der Waals surface area contributed by atoms with Gasteiger partial charge in [-0.2, -0.15) is 13.2 Å². The Morgan fingerprint density at radius 3 is 2.59 bits per heavy atom. The number of hydrogen-bond donors (Lipinski definition) is 2.